The normalized spacial score (nSPS) is 10.7. The molecule has 1 aromatic heterocycles. The second-order valence-corrected chi connectivity index (χ2v) is 4.22. The summed E-state index contributed by atoms with van der Waals surface area (Å²) in [7, 11) is 0. The van der Waals surface area contributed by atoms with Crippen LogP contribution in [0.5, 0.6) is 0 Å². The lowest BCUT2D eigenvalue weighted by Gasteiger charge is -1.98. The van der Waals surface area contributed by atoms with E-state index in [0.29, 0.717) is 5.56 Å². The van der Waals surface area contributed by atoms with E-state index < -0.39 is 0 Å². The maximum atomic E-state index is 11.5. The molecule has 3 heteroatoms. The van der Waals surface area contributed by atoms with E-state index in [1.54, 1.807) is 18.3 Å². The number of unbranched alkanes of at least 4 members (excludes halogenated alkanes) is 5. The summed E-state index contributed by atoms with van der Waals surface area (Å²) < 4.78 is 5.00. The van der Waals surface area contributed by atoms with E-state index in [1.165, 1.54) is 38.1 Å². The highest BCUT2D eigenvalue weighted by atomic mass is 16.5. The van der Waals surface area contributed by atoms with Crippen molar-refractivity contribution in [2.45, 2.75) is 45.4 Å². The van der Waals surface area contributed by atoms with Gasteiger partial charge in [0.15, 0.2) is 0 Å². The third-order valence-electron chi connectivity index (χ3n) is 2.64. The van der Waals surface area contributed by atoms with Gasteiger partial charge in [0.1, 0.15) is 0 Å². The number of pyridine rings is 1. The fourth-order valence-electron chi connectivity index (χ4n) is 1.60. The van der Waals surface area contributed by atoms with Crippen LogP contribution >= 0.6 is 0 Å². The van der Waals surface area contributed by atoms with Crippen LogP contribution in [0, 0.1) is 0 Å². The van der Waals surface area contributed by atoms with E-state index in [9.17, 15) is 4.79 Å². The molecule has 3 nitrogen and oxygen atoms in total. The number of allylic oxidation sites excluding steroid dienone is 1. The van der Waals surface area contributed by atoms with Crippen molar-refractivity contribution in [3.63, 3.8) is 0 Å². The molecule has 0 bridgehead atoms. The van der Waals surface area contributed by atoms with Gasteiger partial charge in [0, 0.05) is 12.4 Å². The predicted octanol–water partition coefficient (Wildman–Crippen LogP) is 4.11. The Morgan fingerprint density at radius 2 is 2.17 bits per heavy atom. The van der Waals surface area contributed by atoms with Crippen LogP contribution < -0.4 is 0 Å². The van der Waals surface area contributed by atoms with Crippen LogP contribution in [0.3, 0.4) is 0 Å². The van der Waals surface area contributed by atoms with Crippen molar-refractivity contribution in [2.24, 2.45) is 0 Å². The standard InChI is InChI=1S/C15H21NO2/c1-2-3-4-5-6-7-8-12-18-15(17)14-10-9-11-16-13-14/h8-13H,2-7H2,1H3. The fraction of sp³-hybridized carbons (Fsp3) is 0.467. The molecule has 1 aromatic rings. The SMILES string of the molecule is CCCCCCCC=COC(=O)c1cccnc1. The van der Waals surface area contributed by atoms with Gasteiger partial charge in [0.05, 0.1) is 11.8 Å². The summed E-state index contributed by atoms with van der Waals surface area (Å²) in [6, 6.07) is 3.40. The molecular formula is C15H21NO2. The van der Waals surface area contributed by atoms with Gasteiger partial charge in [0.25, 0.3) is 0 Å². The van der Waals surface area contributed by atoms with Crippen molar-refractivity contribution in [1.82, 2.24) is 4.98 Å². The monoisotopic (exact) mass is 247 g/mol. The number of carbonyl (C=O) groups is 1. The van der Waals surface area contributed by atoms with Crippen LogP contribution in [0.2, 0.25) is 0 Å². The third kappa shape index (κ3) is 6.18. The average Bonchev–Trinajstić information content (AvgIpc) is 2.42. The number of hydrogen-bond donors (Lipinski definition) is 0. The number of hydrogen-bond acceptors (Lipinski definition) is 3. The minimum Gasteiger partial charge on any atom is -0.431 e. The summed E-state index contributed by atoms with van der Waals surface area (Å²) in [6.07, 6.45) is 13.7. The molecule has 0 fully saturated rings. The van der Waals surface area contributed by atoms with E-state index in [0.717, 1.165) is 12.8 Å². The quantitative estimate of drug-likeness (QED) is 0.394. The molecule has 0 aromatic carbocycles. The number of aromatic nitrogens is 1. The van der Waals surface area contributed by atoms with Crippen LogP contribution in [-0.2, 0) is 4.74 Å². The molecule has 0 radical (unpaired) electrons. The Kier molecular flexibility index (Phi) is 7.53. The maximum Gasteiger partial charge on any atom is 0.344 e. The highest BCUT2D eigenvalue weighted by Gasteiger charge is 2.03. The summed E-state index contributed by atoms with van der Waals surface area (Å²) in [5, 5.41) is 0. The van der Waals surface area contributed by atoms with Gasteiger partial charge in [-0.2, -0.15) is 0 Å². The number of rotatable bonds is 8. The molecule has 0 saturated heterocycles. The lowest BCUT2D eigenvalue weighted by molar-refractivity contribution is 0.0661. The molecule has 0 aliphatic heterocycles. The number of ether oxygens (including phenoxy) is 1. The van der Waals surface area contributed by atoms with E-state index in [-0.39, 0.29) is 5.97 Å². The first-order chi connectivity index (χ1) is 8.84. The molecule has 0 unspecified atom stereocenters. The largest absolute Gasteiger partial charge is 0.431 e. The Balaban J connectivity index is 2.11. The van der Waals surface area contributed by atoms with Gasteiger partial charge in [-0.05, 0) is 31.1 Å². The summed E-state index contributed by atoms with van der Waals surface area (Å²) in [5.74, 6) is -0.356. The van der Waals surface area contributed by atoms with Crippen LogP contribution in [-0.4, -0.2) is 11.0 Å². The van der Waals surface area contributed by atoms with Gasteiger partial charge in [-0.1, -0.05) is 32.6 Å². The van der Waals surface area contributed by atoms with Gasteiger partial charge in [0.2, 0.25) is 0 Å². The van der Waals surface area contributed by atoms with Crippen LogP contribution in [0.1, 0.15) is 55.8 Å². The number of carbonyl (C=O) groups excluding carboxylic acids is 1. The first-order valence-electron chi connectivity index (χ1n) is 6.60. The summed E-state index contributed by atoms with van der Waals surface area (Å²) in [4.78, 5) is 15.4. The highest BCUT2D eigenvalue weighted by Crippen LogP contribution is 2.05. The first-order valence-corrected chi connectivity index (χ1v) is 6.60. The third-order valence-corrected chi connectivity index (χ3v) is 2.64. The first kappa shape index (κ1) is 14.4. The van der Waals surface area contributed by atoms with Gasteiger partial charge < -0.3 is 4.74 Å². The topological polar surface area (TPSA) is 39.2 Å². The molecule has 0 aliphatic rings. The molecule has 0 atom stereocenters. The second-order valence-electron chi connectivity index (χ2n) is 4.22. The smallest absolute Gasteiger partial charge is 0.344 e. The van der Waals surface area contributed by atoms with Crippen molar-refractivity contribution < 1.29 is 9.53 Å². The minimum absolute atomic E-state index is 0.356. The predicted molar refractivity (Wildman–Crippen MR) is 72.2 cm³/mol. The van der Waals surface area contributed by atoms with Crippen molar-refractivity contribution in [3.05, 3.63) is 42.4 Å². The van der Waals surface area contributed by atoms with Crippen LogP contribution in [0.4, 0.5) is 0 Å². The van der Waals surface area contributed by atoms with Gasteiger partial charge >= 0.3 is 5.97 Å². The molecule has 1 heterocycles. The lowest BCUT2D eigenvalue weighted by atomic mass is 10.1. The lowest BCUT2D eigenvalue weighted by Crippen LogP contribution is -2.00. The van der Waals surface area contributed by atoms with E-state index in [2.05, 4.69) is 11.9 Å². The van der Waals surface area contributed by atoms with Crippen molar-refractivity contribution in [3.8, 4) is 0 Å². The van der Waals surface area contributed by atoms with Crippen molar-refractivity contribution in [2.75, 3.05) is 0 Å². The Labute approximate surface area is 109 Å². The van der Waals surface area contributed by atoms with Crippen LogP contribution in [0.15, 0.2) is 36.9 Å². The highest BCUT2D eigenvalue weighted by molar-refractivity contribution is 5.89. The molecule has 18 heavy (non-hydrogen) atoms. The zero-order valence-corrected chi connectivity index (χ0v) is 11.0. The molecule has 0 amide bonds. The molecule has 0 saturated carbocycles. The molecule has 0 N–H and O–H groups in total. The average molecular weight is 247 g/mol. The molecule has 1 rings (SSSR count). The number of nitrogens with zero attached hydrogens (tertiary/aromatic N) is 1. The minimum atomic E-state index is -0.356. The number of esters is 1. The second kappa shape index (κ2) is 9.40. The summed E-state index contributed by atoms with van der Waals surface area (Å²) in [6.45, 7) is 2.21. The van der Waals surface area contributed by atoms with E-state index in [4.69, 9.17) is 4.74 Å². The summed E-state index contributed by atoms with van der Waals surface area (Å²) in [5.41, 5.74) is 0.477. The van der Waals surface area contributed by atoms with E-state index >= 15 is 0 Å². The van der Waals surface area contributed by atoms with E-state index in [1.807, 2.05) is 6.08 Å². The molecule has 0 spiro atoms. The summed E-state index contributed by atoms with van der Waals surface area (Å²) >= 11 is 0. The maximum absolute atomic E-state index is 11.5. The van der Waals surface area contributed by atoms with Gasteiger partial charge in [-0.3, -0.25) is 4.98 Å². The Morgan fingerprint density at radius 1 is 1.33 bits per heavy atom. The van der Waals surface area contributed by atoms with Crippen LogP contribution in [0.25, 0.3) is 0 Å². The van der Waals surface area contributed by atoms with Gasteiger partial charge in [-0.25, -0.2) is 4.79 Å². The van der Waals surface area contributed by atoms with Gasteiger partial charge in [-0.15, -0.1) is 0 Å². The zero-order valence-electron chi connectivity index (χ0n) is 11.0. The Hall–Kier alpha value is -1.64. The molecule has 0 aliphatic carbocycles. The van der Waals surface area contributed by atoms with Crippen molar-refractivity contribution >= 4 is 5.97 Å². The molecule has 98 valence electrons. The van der Waals surface area contributed by atoms with Crippen molar-refractivity contribution in [1.29, 1.82) is 0 Å². The fourth-order valence-corrected chi connectivity index (χ4v) is 1.60. The Morgan fingerprint density at radius 3 is 2.89 bits per heavy atom. The Bertz CT molecular complexity index is 360. The molecular weight excluding hydrogens is 226 g/mol. The zero-order chi connectivity index (χ0) is 13.1.